The van der Waals surface area contributed by atoms with E-state index in [1.54, 1.807) is 0 Å². The highest BCUT2D eigenvalue weighted by Gasteiger charge is 2.62. The number of carbonyl (C=O) groups excluding carboxylic acids is 1. The fraction of sp³-hybridized carbons (Fsp3) is 0.897. The number of carboxylic acid groups (broad SMARTS) is 2. The quantitative estimate of drug-likeness (QED) is 0.275. The van der Waals surface area contributed by atoms with Crippen LogP contribution in [0.5, 0.6) is 0 Å². The summed E-state index contributed by atoms with van der Waals surface area (Å²) in [5, 5.41) is 42.5. The molecule has 0 unspecified atom stereocenters. The van der Waals surface area contributed by atoms with E-state index in [-0.39, 0.29) is 46.9 Å². The van der Waals surface area contributed by atoms with Crippen molar-refractivity contribution in [2.24, 2.45) is 46.3 Å². The summed E-state index contributed by atoms with van der Waals surface area (Å²) in [6.45, 7) is 7.05. The van der Waals surface area contributed by atoms with Crippen molar-refractivity contribution in [3.8, 4) is 0 Å². The third-order valence-electron chi connectivity index (χ3n) is 11.4. The molecule has 0 bridgehead atoms. The Bertz CT molecular complexity index is 900. The number of nitrogens with one attached hydrogen (secondary N) is 1. The summed E-state index contributed by atoms with van der Waals surface area (Å²) in [6, 6.07) is -1.09. The molecule has 0 saturated heterocycles. The molecule has 0 aliphatic heterocycles. The van der Waals surface area contributed by atoms with Crippen LogP contribution in [0.25, 0.3) is 0 Å². The number of amides is 1. The Morgan fingerprint density at radius 1 is 0.974 bits per heavy atom. The average molecular weight is 554 g/mol. The summed E-state index contributed by atoms with van der Waals surface area (Å²) >= 11 is 0.984. The van der Waals surface area contributed by atoms with Crippen LogP contribution in [0.3, 0.4) is 0 Å². The molecule has 4 aliphatic rings. The molecule has 4 saturated carbocycles. The topological polar surface area (TPSA) is 144 Å². The first-order valence-corrected chi connectivity index (χ1v) is 15.7. The highest BCUT2D eigenvalue weighted by atomic mass is 32.2. The van der Waals surface area contributed by atoms with Gasteiger partial charge in [0.15, 0.2) is 0 Å². The van der Waals surface area contributed by atoms with Gasteiger partial charge < -0.3 is 25.7 Å². The van der Waals surface area contributed by atoms with Crippen LogP contribution in [0.1, 0.15) is 85.0 Å². The Kier molecular flexibility index (Phi) is 9.10. The molecule has 8 nitrogen and oxygen atoms in total. The summed E-state index contributed by atoms with van der Waals surface area (Å²) < 4.78 is 0. The van der Waals surface area contributed by atoms with Crippen molar-refractivity contribution in [3.05, 3.63) is 0 Å². The molecule has 4 fully saturated rings. The first kappa shape index (κ1) is 29.7. The Hall–Kier alpha value is -1.32. The molecule has 11 atom stereocenters. The second kappa shape index (κ2) is 11.7. The largest absolute Gasteiger partial charge is 0.481 e. The molecule has 4 rings (SSSR count). The van der Waals surface area contributed by atoms with E-state index >= 15 is 0 Å². The molecule has 0 aromatic carbocycles. The van der Waals surface area contributed by atoms with Crippen LogP contribution < -0.4 is 5.32 Å². The van der Waals surface area contributed by atoms with E-state index in [2.05, 4.69) is 26.1 Å². The molecule has 1 amide bonds. The Morgan fingerprint density at radius 2 is 1.66 bits per heavy atom. The van der Waals surface area contributed by atoms with Crippen LogP contribution in [0.15, 0.2) is 0 Å². The summed E-state index contributed by atoms with van der Waals surface area (Å²) in [7, 11) is 0. The van der Waals surface area contributed by atoms with Crippen LogP contribution in [-0.2, 0) is 14.4 Å². The van der Waals surface area contributed by atoms with Crippen molar-refractivity contribution in [3.63, 3.8) is 0 Å². The smallest absolute Gasteiger partial charge is 0.327 e. The van der Waals surface area contributed by atoms with Gasteiger partial charge in [-0.2, -0.15) is 0 Å². The molecule has 0 radical (unpaired) electrons. The van der Waals surface area contributed by atoms with Crippen molar-refractivity contribution in [1.29, 1.82) is 0 Å². The van der Waals surface area contributed by atoms with Crippen molar-refractivity contribution in [2.75, 3.05) is 11.5 Å². The van der Waals surface area contributed by atoms with E-state index in [4.69, 9.17) is 5.11 Å². The molecule has 216 valence electrons. The maximum Gasteiger partial charge on any atom is 0.327 e. The number of carbonyl (C=O) groups is 3. The maximum absolute atomic E-state index is 12.6. The lowest BCUT2D eigenvalue weighted by Crippen LogP contribution is -2.58. The average Bonchev–Trinajstić information content (AvgIpc) is 3.20. The molecule has 0 aromatic rings. The molecular weight excluding hydrogens is 506 g/mol. The van der Waals surface area contributed by atoms with Crippen molar-refractivity contribution >= 4 is 29.6 Å². The SMILES string of the molecule is C[C@H](CCC(=O)N[C@@H](CSCC(=O)O)C(=O)O)[C@H]1CC[C@H]2[C@@H]3[C@@H](O)C[C@@H]4C[C@H](O)CC[C@]4(C)[C@H]3CC[C@]12C. The zero-order valence-electron chi connectivity index (χ0n) is 23.1. The second-order valence-corrected chi connectivity index (χ2v) is 14.4. The highest BCUT2D eigenvalue weighted by molar-refractivity contribution is 8.00. The van der Waals surface area contributed by atoms with Gasteiger partial charge in [-0.25, -0.2) is 4.79 Å². The van der Waals surface area contributed by atoms with Gasteiger partial charge in [0, 0.05) is 12.2 Å². The van der Waals surface area contributed by atoms with Crippen LogP contribution in [0.4, 0.5) is 0 Å². The van der Waals surface area contributed by atoms with Crippen LogP contribution in [-0.4, -0.2) is 68.0 Å². The molecule has 0 spiro atoms. The number of aliphatic hydroxyl groups excluding tert-OH is 2. The van der Waals surface area contributed by atoms with Gasteiger partial charge in [0.05, 0.1) is 18.0 Å². The summed E-state index contributed by atoms with van der Waals surface area (Å²) in [4.78, 5) is 34.8. The molecule has 5 N–H and O–H groups in total. The number of aliphatic hydroxyl groups is 2. The minimum atomic E-state index is -1.15. The number of fused-ring (bicyclic) bond motifs is 5. The Morgan fingerprint density at radius 3 is 2.34 bits per heavy atom. The van der Waals surface area contributed by atoms with E-state index in [9.17, 15) is 29.7 Å². The number of carboxylic acids is 2. The van der Waals surface area contributed by atoms with Crippen LogP contribution in [0, 0.1) is 46.3 Å². The predicted molar refractivity (Wildman–Crippen MR) is 146 cm³/mol. The molecule has 0 heterocycles. The lowest BCUT2D eigenvalue weighted by molar-refractivity contribution is -0.174. The fourth-order valence-corrected chi connectivity index (χ4v) is 10.2. The number of thioether (sulfide) groups is 1. The third kappa shape index (κ3) is 5.75. The first-order chi connectivity index (χ1) is 17.9. The molecule has 38 heavy (non-hydrogen) atoms. The predicted octanol–water partition coefficient (Wildman–Crippen LogP) is 3.78. The van der Waals surface area contributed by atoms with Gasteiger partial charge in [0.2, 0.25) is 5.91 Å². The van der Waals surface area contributed by atoms with E-state index in [1.165, 1.54) is 0 Å². The Balaban J connectivity index is 1.35. The van der Waals surface area contributed by atoms with E-state index in [0.717, 1.165) is 63.1 Å². The van der Waals surface area contributed by atoms with Crippen LogP contribution >= 0.6 is 11.8 Å². The number of aliphatic carboxylic acids is 2. The molecular formula is C29H47NO7S. The van der Waals surface area contributed by atoms with E-state index in [0.29, 0.717) is 41.9 Å². The van der Waals surface area contributed by atoms with Gasteiger partial charge in [0.25, 0.3) is 0 Å². The minimum Gasteiger partial charge on any atom is -0.481 e. The zero-order chi connectivity index (χ0) is 27.8. The van der Waals surface area contributed by atoms with Gasteiger partial charge in [-0.15, -0.1) is 11.8 Å². The normalized spacial score (nSPS) is 41.8. The van der Waals surface area contributed by atoms with Gasteiger partial charge >= 0.3 is 11.9 Å². The fourth-order valence-electron chi connectivity index (χ4n) is 9.44. The zero-order valence-corrected chi connectivity index (χ0v) is 23.9. The molecule has 0 aromatic heterocycles. The lowest BCUT2D eigenvalue weighted by atomic mass is 9.43. The third-order valence-corrected chi connectivity index (χ3v) is 12.4. The number of rotatable bonds is 10. The summed E-state index contributed by atoms with van der Waals surface area (Å²) in [5.74, 6) is -0.164. The first-order valence-electron chi connectivity index (χ1n) is 14.5. The van der Waals surface area contributed by atoms with E-state index in [1.807, 2.05) is 0 Å². The summed E-state index contributed by atoms with van der Waals surface area (Å²) in [6.07, 6.45) is 8.42. The number of hydrogen-bond donors (Lipinski definition) is 5. The van der Waals surface area contributed by atoms with E-state index < -0.39 is 18.0 Å². The van der Waals surface area contributed by atoms with Gasteiger partial charge in [0.1, 0.15) is 6.04 Å². The Labute approximate surface area is 230 Å². The monoisotopic (exact) mass is 553 g/mol. The maximum atomic E-state index is 12.6. The molecule has 4 aliphatic carbocycles. The minimum absolute atomic E-state index is 0.0227. The highest BCUT2D eigenvalue weighted by Crippen LogP contribution is 2.68. The lowest BCUT2D eigenvalue weighted by Gasteiger charge is -2.62. The molecule has 9 heteroatoms. The van der Waals surface area contributed by atoms with Crippen molar-refractivity contribution < 1.29 is 34.8 Å². The van der Waals surface area contributed by atoms with Gasteiger partial charge in [-0.05, 0) is 104 Å². The number of hydrogen-bond acceptors (Lipinski definition) is 6. The van der Waals surface area contributed by atoms with Crippen LogP contribution in [0.2, 0.25) is 0 Å². The van der Waals surface area contributed by atoms with Crippen molar-refractivity contribution in [1.82, 2.24) is 5.32 Å². The second-order valence-electron chi connectivity index (χ2n) is 13.3. The van der Waals surface area contributed by atoms with Gasteiger partial charge in [-0.3, -0.25) is 9.59 Å². The van der Waals surface area contributed by atoms with Crippen molar-refractivity contribution in [2.45, 2.75) is 103 Å². The standard InChI is InChI=1S/C29H47NO7S/c1-16(4-7-24(33)30-22(27(36)37)14-38-15-25(34)35)19-5-6-20-26-21(9-11-29(19,20)3)28(2)10-8-18(31)12-17(28)13-23(26)32/h16-23,26,31-32H,4-15H2,1-3H3,(H,30,33)(H,34,35)(H,36,37)/t16-,17+,18-,19-,20+,21+,22+,23+,26+,28+,29-/m1/s1. The van der Waals surface area contributed by atoms with Gasteiger partial charge in [-0.1, -0.05) is 20.8 Å². The summed E-state index contributed by atoms with van der Waals surface area (Å²) in [5.41, 5.74) is 0.335.